The normalized spacial score (nSPS) is 18.1. The zero-order valence-corrected chi connectivity index (χ0v) is 31.1. The molecule has 0 bridgehead atoms. The van der Waals surface area contributed by atoms with Gasteiger partial charge in [0, 0.05) is 50.2 Å². The van der Waals surface area contributed by atoms with Crippen LogP contribution in [0.1, 0.15) is 100 Å². The Bertz CT molecular complexity index is 1410. The first-order valence-corrected chi connectivity index (χ1v) is 18.1. The van der Waals surface area contributed by atoms with Gasteiger partial charge in [0.25, 0.3) is 5.91 Å². The molecule has 2 amide bonds. The van der Waals surface area contributed by atoms with Gasteiger partial charge in [0.1, 0.15) is 10.7 Å². The highest BCUT2D eigenvalue weighted by Gasteiger charge is 2.34. The van der Waals surface area contributed by atoms with Crippen molar-refractivity contribution in [1.29, 1.82) is 0 Å². The van der Waals surface area contributed by atoms with Crippen molar-refractivity contribution in [2.45, 2.75) is 104 Å². The molecule has 1 fully saturated rings. The topological polar surface area (TPSA) is 135 Å². The van der Waals surface area contributed by atoms with E-state index < -0.39 is 29.8 Å². The molecule has 0 spiro atoms. The largest absolute Gasteiger partial charge is 0.469 e. The van der Waals surface area contributed by atoms with Crippen molar-refractivity contribution in [2.24, 2.45) is 17.8 Å². The summed E-state index contributed by atoms with van der Waals surface area (Å²) in [6.45, 7) is 9.75. The van der Waals surface area contributed by atoms with Crippen LogP contribution in [0.25, 0.3) is 0 Å². The van der Waals surface area contributed by atoms with Crippen LogP contribution in [0.3, 0.4) is 0 Å². The molecule has 0 saturated carbocycles. The quantitative estimate of drug-likeness (QED) is 0.220. The third-order valence-electron chi connectivity index (χ3n) is 9.38. The summed E-state index contributed by atoms with van der Waals surface area (Å²) in [5, 5.41) is 5.10. The van der Waals surface area contributed by atoms with Gasteiger partial charge in [-0.1, -0.05) is 64.4 Å². The van der Waals surface area contributed by atoms with E-state index in [9.17, 15) is 24.0 Å². The second kappa shape index (κ2) is 18.9. The van der Waals surface area contributed by atoms with Crippen LogP contribution in [-0.2, 0) is 35.1 Å². The number of nitrogens with one attached hydrogen (secondary N) is 1. The molecule has 0 unspecified atom stereocenters. The summed E-state index contributed by atoms with van der Waals surface area (Å²) in [5.74, 6) is -2.24. The number of ketones is 1. The fraction of sp³-hybridized carbons (Fsp3) is 0.622. The Morgan fingerprint density at radius 2 is 1.73 bits per heavy atom. The maximum absolute atomic E-state index is 13.7. The molecule has 1 aliphatic rings. The highest BCUT2D eigenvalue weighted by atomic mass is 32.1. The van der Waals surface area contributed by atoms with E-state index in [1.165, 1.54) is 25.4 Å². The fourth-order valence-electron chi connectivity index (χ4n) is 6.63. The van der Waals surface area contributed by atoms with Gasteiger partial charge < -0.3 is 19.7 Å². The Morgan fingerprint density at radius 1 is 1.04 bits per heavy atom. The molecule has 0 radical (unpaired) electrons. The number of methoxy groups -OCH3 is 1. The van der Waals surface area contributed by atoms with Crippen LogP contribution >= 0.6 is 11.3 Å². The minimum atomic E-state index is -0.793. The fourth-order valence-corrected chi connectivity index (χ4v) is 7.47. The number of likely N-dealkylation sites (N-methyl/N-ethyl adjacent to an activating group) is 1. The number of hydrogen-bond acceptors (Lipinski definition) is 10. The maximum Gasteiger partial charge on any atom is 0.308 e. The molecule has 6 atom stereocenters. The van der Waals surface area contributed by atoms with Gasteiger partial charge in [-0.25, -0.2) is 4.98 Å². The number of Topliss-reactive ketones (excluding diaryl/α,β-unsaturated/α-hetero) is 1. The van der Waals surface area contributed by atoms with Crippen molar-refractivity contribution in [2.75, 3.05) is 27.7 Å². The van der Waals surface area contributed by atoms with Crippen LogP contribution in [0.15, 0.2) is 35.7 Å². The predicted octanol–water partition coefficient (Wildman–Crippen LogP) is 5.24. The van der Waals surface area contributed by atoms with Crippen LogP contribution < -0.4 is 5.32 Å². The van der Waals surface area contributed by atoms with Crippen molar-refractivity contribution >= 4 is 40.9 Å². The maximum atomic E-state index is 13.7. The van der Waals surface area contributed by atoms with Gasteiger partial charge in [0.15, 0.2) is 11.9 Å². The van der Waals surface area contributed by atoms with Gasteiger partial charge in [0.2, 0.25) is 5.91 Å². The zero-order valence-electron chi connectivity index (χ0n) is 30.3. The highest BCUT2D eigenvalue weighted by molar-refractivity contribution is 7.09. The number of benzene rings is 1. The van der Waals surface area contributed by atoms with Crippen molar-refractivity contribution in [1.82, 2.24) is 20.1 Å². The Kier molecular flexibility index (Phi) is 15.4. The van der Waals surface area contributed by atoms with Crippen molar-refractivity contribution in [3.63, 3.8) is 0 Å². The van der Waals surface area contributed by atoms with Crippen molar-refractivity contribution < 1.29 is 33.4 Å². The molecule has 11 nitrogen and oxygen atoms in total. The number of amides is 2. The molecule has 2 heterocycles. The Hall–Kier alpha value is -3.64. The van der Waals surface area contributed by atoms with Crippen molar-refractivity contribution in [3.05, 3.63) is 52.0 Å². The Morgan fingerprint density at radius 3 is 2.35 bits per heavy atom. The second-order valence-electron chi connectivity index (χ2n) is 13.7. The van der Waals surface area contributed by atoms with E-state index in [-0.39, 0.29) is 60.2 Å². The molecular formula is C37H54N4O7S. The zero-order chi connectivity index (χ0) is 36.2. The van der Waals surface area contributed by atoms with Crippen LogP contribution in [0.2, 0.25) is 0 Å². The molecule has 1 aromatic heterocycles. The molecular weight excluding hydrogens is 644 g/mol. The van der Waals surface area contributed by atoms with Gasteiger partial charge >= 0.3 is 11.9 Å². The average Bonchev–Trinajstić information content (AvgIpc) is 3.56. The third-order valence-corrected chi connectivity index (χ3v) is 10.3. The molecule has 1 aromatic carbocycles. The number of carbonyl (C=O) groups excluding carboxylic acids is 5. The summed E-state index contributed by atoms with van der Waals surface area (Å²) in [4.78, 5) is 73.0. The lowest BCUT2D eigenvalue weighted by atomic mass is 9.91. The highest BCUT2D eigenvalue weighted by Crippen LogP contribution is 2.31. The first-order chi connectivity index (χ1) is 23.2. The number of ether oxygens (including phenoxy) is 2. The van der Waals surface area contributed by atoms with Gasteiger partial charge in [-0.3, -0.25) is 28.9 Å². The Labute approximate surface area is 295 Å². The summed E-state index contributed by atoms with van der Waals surface area (Å²) in [6, 6.07) is 8.85. The second-order valence-corrected chi connectivity index (χ2v) is 14.6. The Balaban J connectivity index is 1.75. The first kappa shape index (κ1) is 39.8. The first-order valence-electron chi connectivity index (χ1n) is 17.3. The number of piperidine rings is 1. The number of likely N-dealkylation sites (tertiary alicyclic amines) is 1. The minimum absolute atomic E-state index is 0.00216. The molecule has 2 aromatic rings. The van der Waals surface area contributed by atoms with Crippen LogP contribution in [0, 0.1) is 17.8 Å². The predicted molar refractivity (Wildman–Crippen MR) is 189 cm³/mol. The smallest absolute Gasteiger partial charge is 0.308 e. The number of carbonyl (C=O) groups is 5. The summed E-state index contributed by atoms with van der Waals surface area (Å²) in [7, 11) is 5.04. The lowest BCUT2D eigenvalue weighted by Gasteiger charge is -2.35. The van der Waals surface area contributed by atoms with Crippen molar-refractivity contribution in [3.8, 4) is 0 Å². The van der Waals surface area contributed by atoms with E-state index in [1.54, 1.807) is 31.2 Å². The summed E-state index contributed by atoms with van der Waals surface area (Å²) < 4.78 is 10.6. The lowest BCUT2D eigenvalue weighted by molar-refractivity contribution is -0.149. The molecule has 1 N–H and O–H groups in total. The average molecular weight is 699 g/mol. The molecule has 270 valence electrons. The molecule has 49 heavy (non-hydrogen) atoms. The molecule has 3 rings (SSSR count). The van der Waals surface area contributed by atoms with E-state index in [4.69, 9.17) is 9.47 Å². The standard InChI is InChI=1S/C37H54N4O7S/c1-23(2)31(41(7)36(45)24(3)19-32(43)30-16-12-13-17-40(30)6)21-33(48-26(5)42)35-39-29(22-49-35)34(44)38-28(18-25(4)37(46)47-8)20-27-14-10-9-11-15-27/h9-11,14-15,22-25,28,30-31,33H,12-13,16-21H2,1-8H3,(H,38,44)/t24-,25+,28-,30-,31-,33-/m1/s1. The molecule has 12 heteroatoms. The van der Waals surface area contributed by atoms with Gasteiger partial charge in [-0.05, 0) is 50.8 Å². The number of esters is 2. The summed E-state index contributed by atoms with van der Waals surface area (Å²) in [6.07, 6.45) is 3.44. The summed E-state index contributed by atoms with van der Waals surface area (Å²) >= 11 is 1.21. The van der Waals surface area contributed by atoms with E-state index >= 15 is 0 Å². The number of thiazole rings is 1. The van der Waals surface area contributed by atoms with Gasteiger partial charge in [-0.2, -0.15) is 0 Å². The van der Waals surface area contributed by atoms with Crippen LogP contribution in [0.4, 0.5) is 0 Å². The SMILES string of the molecule is COC(=O)[C@@H](C)C[C@H](Cc1ccccc1)NC(=O)c1csc([C@@H](C[C@H](C(C)C)N(C)C(=O)[C@H](C)CC(=O)[C@H]2CCCCN2C)OC(C)=O)n1. The number of rotatable bonds is 17. The third kappa shape index (κ3) is 11.7. The van der Waals surface area contributed by atoms with E-state index in [0.717, 1.165) is 31.4 Å². The van der Waals surface area contributed by atoms with Crippen LogP contribution in [0.5, 0.6) is 0 Å². The molecule has 1 aliphatic heterocycles. The van der Waals surface area contributed by atoms with Crippen LogP contribution in [-0.4, -0.2) is 90.2 Å². The lowest BCUT2D eigenvalue weighted by Crippen LogP contribution is -2.46. The number of hydrogen-bond donors (Lipinski definition) is 1. The van der Waals surface area contributed by atoms with E-state index in [2.05, 4.69) is 15.2 Å². The molecule has 1 saturated heterocycles. The monoisotopic (exact) mass is 698 g/mol. The van der Waals surface area contributed by atoms with E-state index in [1.807, 2.05) is 51.2 Å². The number of aromatic nitrogens is 1. The summed E-state index contributed by atoms with van der Waals surface area (Å²) in [5.41, 5.74) is 1.18. The minimum Gasteiger partial charge on any atom is -0.469 e. The number of nitrogens with zero attached hydrogens (tertiary/aromatic N) is 3. The van der Waals surface area contributed by atoms with E-state index in [0.29, 0.717) is 17.8 Å². The van der Waals surface area contributed by atoms with Gasteiger partial charge in [0.05, 0.1) is 19.1 Å². The molecule has 0 aliphatic carbocycles. The van der Waals surface area contributed by atoms with Gasteiger partial charge in [-0.15, -0.1) is 11.3 Å².